The van der Waals surface area contributed by atoms with E-state index in [0.717, 1.165) is 83.4 Å². The molecule has 8 heteroatoms. The molecule has 5 rings (SSSR count). The molecule has 4 aromatic rings. The number of nitrogens with one attached hydrogen (secondary N) is 1. The maximum absolute atomic E-state index is 6.39. The summed E-state index contributed by atoms with van der Waals surface area (Å²) in [7, 11) is 5.90. The first kappa shape index (κ1) is 29.2. The van der Waals surface area contributed by atoms with Crippen molar-refractivity contribution >= 4 is 33.8 Å². The number of ether oxygens (including phenoxy) is 2. The van der Waals surface area contributed by atoms with E-state index >= 15 is 0 Å². The van der Waals surface area contributed by atoms with Crippen molar-refractivity contribution in [3.63, 3.8) is 0 Å². The van der Waals surface area contributed by atoms with Crippen LogP contribution >= 0.6 is 0 Å². The third-order valence-electron chi connectivity index (χ3n) is 8.25. The molecule has 1 aliphatic heterocycles. The number of rotatable bonds is 10. The Balaban J connectivity index is 1.42. The molecule has 1 aliphatic rings. The van der Waals surface area contributed by atoms with E-state index in [2.05, 4.69) is 88.6 Å². The van der Waals surface area contributed by atoms with Gasteiger partial charge in [-0.1, -0.05) is 20.4 Å². The average molecular weight is 567 g/mol. The lowest BCUT2D eigenvalue weighted by molar-refractivity contribution is 0.311. The van der Waals surface area contributed by atoms with Gasteiger partial charge in [-0.05, 0) is 92.2 Å². The van der Waals surface area contributed by atoms with E-state index in [9.17, 15) is 0 Å². The number of methoxy groups -OCH3 is 1. The van der Waals surface area contributed by atoms with Gasteiger partial charge in [0.2, 0.25) is 0 Å². The minimum atomic E-state index is 0.398. The molecular formula is C34H42N6O2. The number of benzene rings is 3. The Morgan fingerprint density at radius 2 is 1.86 bits per heavy atom. The summed E-state index contributed by atoms with van der Waals surface area (Å²) in [5.74, 6) is 3.52. The highest BCUT2D eigenvalue weighted by molar-refractivity contribution is 6.00. The normalized spacial score (nSPS) is 14.5. The first-order chi connectivity index (χ1) is 20.3. The maximum Gasteiger partial charge on any atom is 0.155 e. The second-order valence-corrected chi connectivity index (χ2v) is 11.1. The zero-order valence-corrected chi connectivity index (χ0v) is 25.6. The molecule has 1 aromatic heterocycles. The highest BCUT2D eigenvalue weighted by Gasteiger charge is 2.22. The van der Waals surface area contributed by atoms with Gasteiger partial charge in [0.15, 0.2) is 5.75 Å². The fourth-order valence-electron chi connectivity index (χ4n) is 5.44. The number of hydrogen-bond acceptors (Lipinski definition) is 8. The Bertz CT molecular complexity index is 1560. The number of aryl methyl sites for hydroxylation is 1. The van der Waals surface area contributed by atoms with Gasteiger partial charge in [-0.2, -0.15) is 0 Å². The van der Waals surface area contributed by atoms with Crippen LogP contribution in [-0.4, -0.2) is 62.3 Å². The summed E-state index contributed by atoms with van der Waals surface area (Å²) in [4.78, 5) is 15.9. The summed E-state index contributed by atoms with van der Waals surface area (Å²) in [5, 5.41) is 4.39. The van der Waals surface area contributed by atoms with E-state index in [1.54, 1.807) is 13.4 Å². The molecule has 1 unspecified atom stereocenters. The van der Waals surface area contributed by atoms with Gasteiger partial charge in [-0.3, -0.25) is 0 Å². The number of aromatic nitrogens is 2. The topological polar surface area (TPSA) is 66.0 Å². The van der Waals surface area contributed by atoms with E-state index < -0.39 is 0 Å². The van der Waals surface area contributed by atoms with Crippen LogP contribution in [0.3, 0.4) is 0 Å². The number of piperazine rings is 1. The number of nitrogens with zero attached hydrogens (tertiary/aromatic N) is 5. The summed E-state index contributed by atoms with van der Waals surface area (Å²) in [6.07, 6.45) is 4.47. The van der Waals surface area contributed by atoms with Crippen LogP contribution in [0.1, 0.15) is 37.3 Å². The fourth-order valence-corrected chi connectivity index (χ4v) is 5.44. The van der Waals surface area contributed by atoms with Crippen molar-refractivity contribution in [2.75, 3.05) is 62.5 Å². The lowest BCUT2D eigenvalue weighted by atomic mass is 9.96. The highest BCUT2D eigenvalue weighted by Crippen LogP contribution is 2.40. The SMILES string of the molecule is C=CN(C)c1ccc(Oc2ccc(Nc3ncnc4ccc(N5CCN(C)CC5)c(OC)c34)cc2C)cc1C(C)CC. The predicted molar refractivity (Wildman–Crippen MR) is 174 cm³/mol. The molecule has 0 aliphatic carbocycles. The fraction of sp³-hybridized carbons (Fsp3) is 0.353. The molecule has 1 saturated heterocycles. The summed E-state index contributed by atoms with van der Waals surface area (Å²) >= 11 is 0. The summed E-state index contributed by atoms with van der Waals surface area (Å²) in [5.41, 5.74) is 6.22. The third-order valence-corrected chi connectivity index (χ3v) is 8.25. The number of fused-ring (bicyclic) bond motifs is 1. The van der Waals surface area contributed by atoms with Crippen molar-refractivity contribution in [1.29, 1.82) is 0 Å². The largest absolute Gasteiger partial charge is 0.494 e. The van der Waals surface area contributed by atoms with Gasteiger partial charge < -0.3 is 29.5 Å². The molecule has 3 aromatic carbocycles. The highest BCUT2D eigenvalue weighted by atomic mass is 16.5. The predicted octanol–water partition coefficient (Wildman–Crippen LogP) is 7.33. The molecule has 1 N–H and O–H groups in total. The van der Waals surface area contributed by atoms with Crippen LogP contribution in [0.15, 0.2) is 67.6 Å². The molecule has 0 radical (unpaired) electrons. The molecule has 8 nitrogen and oxygen atoms in total. The van der Waals surface area contributed by atoms with Crippen LogP contribution in [-0.2, 0) is 0 Å². The smallest absolute Gasteiger partial charge is 0.155 e. The van der Waals surface area contributed by atoms with Crippen molar-refractivity contribution in [3.8, 4) is 17.2 Å². The van der Waals surface area contributed by atoms with Crippen molar-refractivity contribution in [1.82, 2.24) is 14.9 Å². The third kappa shape index (κ3) is 5.99. The van der Waals surface area contributed by atoms with Gasteiger partial charge in [0.25, 0.3) is 0 Å². The molecule has 220 valence electrons. The number of likely N-dealkylation sites (N-methyl/N-ethyl adjacent to an activating group) is 1. The standard InChI is InChI=1S/C34H42N6O2/c1-8-23(3)27-21-26(11-13-29(27)39(6)9-2)42-31-15-10-25(20-24(31)4)37-34-32-28(35-22-36-34)12-14-30(33(32)41-7)40-18-16-38(5)17-19-40/h9-15,20-23H,2,8,16-19H2,1,3-7H3,(H,35,36,37). The molecule has 0 saturated carbocycles. The van der Waals surface area contributed by atoms with E-state index in [4.69, 9.17) is 9.47 Å². The van der Waals surface area contributed by atoms with Crippen molar-refractivity contribution in [3.05, 3.63) is 78.8 Å². The Hall–Kier alpha value is -4.30. The van der Waals surface area contributed by atoms with Crippen LogP contribution in [0, 0.1) is 6.92 Å². The quantitative estimate of drug-likeness (QED) is 0.214. The molecular weight excluding hydrogens is 524 g/mol. The molecule has 2 heterocycles. The van der Waals surface area contributed by atoms with Crippen LogP contribution in [0.25, 0.3) is 10.9 Å². The van der Waals surface area contributed by atoms with Gasteiger partial charge in [0.1, 0.15) is 23.6 Å². The Labute approximate surface area is 249 Å². The van der Waals surface area contributed by atoms with Crippen molar-refractivity contribution < 1.29 is 9.47 Å². The van der Waals surface area contributed by atoms with E-state index in [1.807, 2.05) is 37.5 Å². The average Bonchev–Trinajstić information content (AvgIpc) is 3.01. The van der Waals surface area contributed by atoms with Gasteiger partial charge in [-0.15, -0.1) is 0 Å². The molecule has 42 heavy (non-hydrogen) atoms. The summed E-state index contributed by atoms with van der Waals surface area (Å²) in [6, 6.07) is 16.5. The second-order valence-electron chi connectivity index (χ2n) is 11.1. The lowest BCUT2D eigenvalue weighted by Crippen LogP contribution is -2.44. The monoisotopic (exact) mass is 566 g/mol. The number of hydrogen-bond donors (Lipinski definition) is 1. The maximum atomic E-state index is 6.39. The van der Waals surface area contributed by atoms with Gasteiger partial charge in [0, 0.05) is 44.6 Å². The minimum absolute atomic E-state index is 0.398. The molecule has 0 spiro atoms. The summed E-state index contributed by atoms with van der Waals surface area (Å²) < 4.78 is 12.4. The van der Waals surface area contributed by atoms with Crippen molar-refractivity contribution in [2.24, 2.45) is 0 Å². The Morgan fingerprint density at radius 3 is 2.55 bits per heavy atom. The van der Waals surface area contributed by atoms with Crippen LogP contribution in [0.4, 0.5) is 22.9 Å². The zero-order valence-electron chi connectivity index (χ0n) is 25.6. The second kappa shape index (κ2) is 12.7. The first-order valence-electron chi connectivity index (χ1n) is 14.6. The molecule has 0 amide bonds. The van der Waals surface area contributed by atoms with E-state index in [0.29, 0.717) is 11.7 Å². The Kier molecular flexibility index (Phi) is 8.83. The Morgan fingerprint density at radius 1 is 1.07 bits per heavy atom. The van der Waals surface area contributed by atoms with Gasteiger partial charge in [0.05, 0.1) is 23.7 Å². The molecule has 1 fully saturated rings. The lowest BCUT2D eigenvalue weighted by Gasteiger charge is -2.35. The first-order valence-corrected chi connectivity index (χ1v) is 14.6. The molecule has 0 bridgehead atoms. The summed E-state index contributed by atoms with van der Waals surface area (Å²) in [6.45, 7) is 14.3. The van der Waals surface area contributed by atoms with Gasteiger partial charge in [-0.25, -0.2) is 9.97 Å². The minimum Gasteiger partial charge on any atom is -0.494 e. The van der Waals surface area contributed by atoms with Crippen LogP contribution in [0.2, 0.25) is 0 Å². The van der Waals surface area contributed by atoms with Gasteiger partial charge >= 0.3 is 0 Å². The van der Waals surface area contributed by atoms with Crippen molar-refractivity contribution in [2.45, 2.75) is 33.1 Å². The zero-order chi connectivity index (χ0) is 29.8. The van der Waals surface area contributed by atoms with Crippen LogP contribution < -0.4 is 24.6 Å². The van der Waals surface area contributed by atoms with E-state index in [-0.39, 0.29) is 0 Å². The van der Waals surface area contributed by atoms with E-state index in [1.165, 1.54) is 5.56 Å². The number of anilines is 4. The van der Waals surface area contributed by atoms with Crippen LogP contribution in [0.5, 0.6) is 17.2 Å². The molecule has 1 atom stereocenters.